The first-order chi connectivity index (χ1) is 11.9. The number of hydrogen-bond acceptors (Lipinski definition) is 5. The number of anilines is 1. The average Bonchev–Trinajstić information content (AvgIpc) is 2.61. The van der Waals surface area contributed by atoms with Crippen LogP contribution in [-0.4, -0.2) is 28.9 Å². The summed E-state index contributed by atoms with van der Waals surface area (Å²) >= 11 is 0. The van der Waals surface area contributed by atoms with Gasteiger partial charge in [-0.2, -0.15) is 0 Å². The van der Waals surface area contributed by atoms with Gasteiger partial charge in [0.2, 0.25) is 0 Å². The molecule has 1 amide bonds. The Morgan fingerprint density at radius 1 is 1.08 bits per heavy atom. The standard InChI is InChI=1S/C19H19NO5/c1-12(22)16-5-3-4-6-17(16)20-18(23)13(2)25-19(24)15-9-7-14(11-21)8-10-15/h3-10,13,21H,11H2,1-2H3,(H,20,23)/t13-/m1/s1. The molecular weight excluding hydrogens is 322 g/mol. The first-order valence-electron chi connectivity index (χ1n) is 7.74. The van der Waals surface area contributed by atoms with Gasteiger partial charge in [0.25, 0.3) is 5.91 Å². The maximum atomic E-state index is 12.2. The van der Waals surface area contributed by atoms with Gasteiger partial charge in [-0.15, -0.1) is 0 Å². The summed E-state index contributed by atoms with van der Waals surface area (Å²) in [6.45, 7) is 2.74. The van der Waals surface area contributed by atoms with Gasteiger partial charge in [-0.25, -0.2) is 4.79 Å². The summed E-state index contributed by atoms with van der Waals surface area (Å²) in [5, 5.41) is 11.6. The zero-order valence-electron chi connectivity index (χ0n) is 14.0. The maximum absolute atomic E-state index is 12.2. The van der Waals surface area contributed by atoms with Crippen LogP contribution in [0.4, 0.5) is 5.69 Å². The summed E-state index contributed by atoms with van der Waals surface area (Å²) in [6.07, 6.45) is -1.04. The van der Waals surface area contributed by atoms with Gasteiger partial charge in [-0.3, -0.25) is 9.59 Å². The minimum Gasteiger partial charge on any atom is -0.449 e. The number of esters is 1. The number of ketones is 1. The van der Waals surface area contributed by atoms with E-state index in [-0.39, 0.29) is 18.0 Å². The molecule has 0 unspecified atom stereocenters. The van der Waals surface area contributed by atoms with E-state index in [9.17, 15) is 14.4 Å². The second-order valence-corrected chi connectivity index (χ2v) is 5.49. The molecule has 6 nitrogen and oxygen atoms in total. The number of aliphatic hydroxyl groups is 1. The molecule has 0 bridgehead atoms. The minimum atomic E-state index is -1.04. The van der Waals surface area contributed by atoms with Crippen molar-refractivity contribution in [2.75, 3.05) is 5.32 Å². The van der Waals surface area contributed by atoms with Gasteiger partial charge >= 0.3 is 5.97 Å². The van der Waals surface area contributed by atoms with Gasteiger partial charge in [0.15, 0.2) is 11.9 Å². The molecule has 2 rings (SSSR count). The van der Waals surface area contributed by atoms with Crippen LogP contribution in [0.2, 0.25) is 0 Å². The third-order valence-electron chi connectivity index (χ3n) is 3.59. The van der Waals surface area contributed by atoms with E-state index in [1.807, 2.05) is 0 Å². The van der Waals surface area contributed by atoms with E-state index in [0.717, 1.165) is 0 Å². The molecule has 0 aromatic heterocycles. The highest BCUT2D eigenvalue weighted by Gasteiger charge is 2.20. The van der Waals surface area contributed by atoms with Crippen LogP contribution in [0.15, 0.2) is 48.5 Å². The lowest BCUT2D eigenvalue weighted by atomic mass is 10.1. The van der Waals surface area contributed by atoms with Crippen molar-refractivity contribution in [2.45, 2.75) is 26.6 Å². The smallest absolute Gasteiger partial charge is 0.338 e. The molecule has 2 aromatic carbocycles. The lowest BCUT2D eigenvalue weighted by Gasteiger charge is -2.15. The van der Waals surface area contributed by atoms with Crippen LogP contribution in [0.25, 0.3) is 0 Å². The van der Waals surface area contributed by atoms with E-state index < -0.39 is 18.0 Å². The van der Waals surface area contributed by atoms with Gasteiger partial charge in [0.05, 0.1) is 17.9 Å². The lowest BCUT2D eigenvalue weighted by molar-refractivity contribution is -0.123. The Bertz CT molecular complexity index is 783. The van der Waals surface area contributed by atoms with Crippen molar-refractivity contribution in [2.24, 2.45) is 0 Å². The molecule has 0 fully saturated rings. The highest BCUT2D eigenvalue weighted by Crippen LogP contribution is 2.16. The van der Waals surface area contributed by atoms with Gasteiger partial charge in [0.1, 0.15) is 0 Å². The van der Waals surface area contributed by atoms with Crippen molar-refractivity contribution in [1.29, 1.82) is 0 Å². The van der Waals surface area contributed by atoms with Gasteiger partial charge < -0.3 is 15.2 Å². The van der Waals surface area contributed by atoms with E-state index >= 15 is 0 Å². The van der Waals surface area contributed by atoms with Crippen LogP contribution in [0.5, 0.6) is 0 Å². The maximum Gasteiger partial charge on any atom is 0.338 e. The van der Waals surface area contributed by atoms with Crippen LogP contribution in [0, 0.1) is 0 Å². The summed E-state index contributed by atoms with van der Waals surface area (Å²) in [6, 6.07) is 12.9. The van der Waals surface area contributed by atoms with Crippen LogP contribution < -0.4 is 5.32 Å². The van der Waals surface area contributed by atoms with Gasteiger partial charge in [-0.1, -0.05) is 24.3 Å². The number of carbonyl (C=O) groups excluding carboxylic acids is 3. The van der Waals surface area contributed by atoms with Crippen molar-refractivity contribution in [3.63, 3.8) is 0 Å². The second-order valence-electron chi connectivity index (χ2n) is 5.49. The molecule has 2 aromatic rings. The number of amides is 1. The van der Waals surface area contributed by atoms with Crippen molar-refractivity contribution in [3.05, 3.63) is 65.2 Å². The Morgan fingerprint density at radius 2 is 1.72 bits per heavy atom. The number of rotatable bonds is 6. The van der Waals surface area contributed by atoms with Crippen molar-refractivity contribution in [1.82, 2.24) is 0 Å². The first-order valence-corrected chi connectivity index (χ1v) is 7.74. The number of nitrogens with one attached hydrogen (secondary N) is 1. The predicted molar refractivity (Wildman–Crippen MR) is 92.3 cm³/mol. The monoisotopic (exact) mass is 341 g/mol. The molecule has 130 valence electrons. The van der Waals surface area contributed by atoms with Crippen molar-refractivity contribution >= 4 is 23.3 Å². The number of aliphatic hydroxyl groups excluding tert-OH is 1. The number of ether oxygens (including phenoxy) is 1. The zero-order chi connectivity index (χ0) is 18.4. The fraction of sp³-hybridized carbons (Fsp3) is 0.211. The van der Waals surface area contributed by atoms with E-state index in [2.05, 4.69) is 5.32 Å². The molecular formula is C19H19NO5. The average molecular weight is 341 g/mol. The third kappa shape index (κ3) is 4.74. The molecule has 0 radical (unpaired) electrons. The summed E-state index contributed by atoms with van der Waals surface area (Å²) in [4.78, 5) is 35.9. The van der Waals surface area contributed by atoms with Gasteiger partial charge in [0, 0.05) is 5.56 Å². The molecule has 6 heteroatoms. The Morgan fingerprint density at radius 3 is 2.32 bits per heavy atom. The Labute approximate surface area is 145 Å². The fourth-order valence-electron chi connectivity index (χ4n) is 2.16. The molecule has 0 spiro atoms. The van der Waals surface area contributed by atoms with Crippen LogP contribution in [0.3, 0.4) is 0 Å². The Kier molecular flexibility index (Phi) is 6.03. The molecule has 1 atom stereocenters. The van der Waals surface area contributed by atoms with Crippen LogP contribution in [-0.2, 0) is 16.1 Å². The molecule has 0 saturated carbocycles. The summed E-state index contributed by atoms with van der Waals surface area (Å²) in [5.74, 6) is -1.36. The van der Waals surface area contributed by atoms with Crippen LogP contribution in [0.1, 0.15) is 40.1 Å². The summed E-state index contributed by atoms with van der Waals surface area (Å²) in [7, 11) is 0. The van der Waals surface area contributed by atoms with Gasteiger partial charge in [-0.05, 0) is 43.7 Å². The summed E-state index contributed by atoms with van der Waals surface area (Å²) < 4.78 is 5.15. The van der Waals surface area contributed by atoms with Crippen molar-refractivity contribution < 1.29 is 24.2 Å². The molecule has 0 saturated heterocycles. The third-order valence-corrected chi connectivity index (χ3v) is 3.59. The fourth-order valence-corrected chi connectivity index (χ4v) is 2.16. The molecule has 0 heterocycles. The SMILES string of the molecule is CC(=O)c1ccccc1NC(=O)[C@@H](C)OC(=O)c1ccc(CO)cc1. The van der Waals surface area contributed by atoms with Crippen LogP contribution >= 0.6 is 0 Å². The normalized spacial score (nSPS) is 11.5. The Hall–Kier alpha value is -2.99. The largest absolute Gasteiger partial charge is 0.449 e. The molecule has 25 heavy (non-hydrogen) atoms. The summed E-state index contributed by atoms with van der Waals surface area (Å²) in [5.41, 5.74) is 1.70. The Balaban J connectivity index is 2.02. The highest BCUT2D eigenvalue weighted by molar-refractivity contribution is 6.05. The van der Waals surface area contributed by atoms with E-state index in [4.69, 9.17) is 9.84 Å². The molecule has 2 N–H and O–H groups in total. The number of carbonyl (C=O) groups is 3. The predicted octanol–water partition coefficient (Wildman–Crippen LogP) is 2.57. The number of para-hydroxylation sites is 1. The topological polar surface area (TPSA) is 92.7 Å². The molecule has 0 aliphatic rings. The molecule has 0 aliphatic heterocycles. The van der Waals surface area contributed by atoms with E-state index in [1.54, 1.807) is 36.4 Å². The number of benzene rings is 2. The number of hydrogen-bond donors (Lipinski definition) is 2. The molecule has 0 aliphatic carbocycles. The number of Topliss-reactive ketones (excluding diaryl/α,β-unsaturated/α-hetero) is 1. The second kappa shape index (κ2) is 8.21. The van der Waals surface area contributed by atoms with E-state index in [0.29, 0.717) is 16.8 Å². The van der Waals surface area contributed by atoms with Crippen molar-refractivity contribution in [3.8, 4) is 0 Å². The lowest BCUT2D eigenvalue weighted by Crippen LogP contribution is -2.30. The minimum absolute atomic E-state index is 0.121. The highest BCUT2D eigenvalue weighted by atomic mass is 16.5. The zero-order valence-corrected chi connectivity index (χ0v) is 14.0. The first kappa shape index (κ1) is 18.4. The quantitative estimate of drug-likeness (QED) is 0.622. The van der Waals surface area contributed by atoms with E-state index in [1.165, 1.54) is 26.0 Å².